The molecule has 1 fully saturated rings. The highest BCUT2D eigenvalue weighted by Crippen LogP contribution is 2.38. The molecule has 1 atom stereocenters. The topological polar surface area (TPSA) is 72.7 Å². The summed E-state index contributed by atoms with van der Waals surface area (Å²) in [4.78, 5) is 27.8. The first-order valence-electron chi connectivity index (χ1n) is 12.9. The van der Waals surface area contributed by atoms with Crippen molar-refractivity contribution in [3.63, 3.8) is 0 Å². The molecule has 0 radical (unpaired) electrons. The van der Waals surface area contributed by atoms with Crippen molar-refractivity contribution < 1.29 is 14.3 Å². The van der Waals surface area contributed by atoms with Crippen LogP contribution in [-0.4, -0.2) is 26.9 Å². The summed E-state index contributed by atoms with van der Waals surface area (Å²) >= 11 is 6.21. The molecule has 1 saturated carbocycles. The van der Waals surface area contributed by atoms with Gasteiger partial charge in [0.05, 0.1) is 16.6 Å². The van der Waals surface area contributed by atoms with Crippen LogP contribution in [-0.2, 0) is 14.3 Å². The lowest BCUT2D eigenvalue weighted by Gasteiger charge is -2.17. The van der Waals surface area contributed by atoms with Crippen molar-refractivity contribution >= 4 is 29.1 Å². The Morgan fingerprint density at radius 3 is 2.44 bits per heavy atom. The van der Waals surface area contributed by atoms with Gasteiger partial charge in [-0.15, -0.1) is 0 Å². The van der Waals surface area contributed by atoms with Gasteiger partial charge >= 0.3 is 5.97 Å². The number of imidazole rings is 1. The van der Waals surface area contributed by atoms with Gasteiger partial charge in [0.25, 0.3) is 0 Å². The van der Waals surface area contributed by atoms with E-state index >= 15 is 0 Å². The number of amides is 1. The molecule has 0 aromatic carbocycles. The molecule has 36 heavy (non-hydrogen) atoms. The smallest absolute Gasteiger partial charge is 0.303 e. The van der Waals surface area contributed by atoms with Crippen molar-refractivity contribution in [1.29, 1.82) is 0 Å². The maximum Gasteiger partial charge on any atom is 0.303 e. The number of pyridine rings is 1. The van der Waals surface area contributed by atoms with Crippen LogP contribution in [0.4, 0.5) is 0 Å². The van der Waals surface area contributed by atoms with Crippen LogP contribution < -0.4 is 5.32 Å². The van der Waals surface area contributed by atoms with Crippen LogP contribution in [0.2, 0.25) is 5.02 Å². The molecule has 7 heteroatoms. The molecule has 198 valence electrons. The van der Waals surface area contributed by atoms with E-state index in [0.717, 1.165) is 41.9 Å². The molecule has 6 nitrogen and oxygen atoms in total. The Kier molecular flexibility index (Phi) is 10.8. The van der Waals surface area contributed by atoms with Gasteiger partial charge in [0.1, 0.15) is 11.2 Å². The summed E-state index contributed by atoms with van der Waals surface area (Å²) < 4.78 is 6.68. The Bertz CT molecular complexity index is 1080. The van der Waals surface area contributed by atoms with Crippen LogP contribution in [0.3, 0.4) is 0 Å². The van der Waals surface area contributed by atoms with Gasteiger partial charge in [0.15, 0.2) is 0 Å². The molecule has 3 rings (SSSR count). The van der Waals surface area contributed by atoms with E-state index in [0.29, 0.717) is 10.9 Å². The summed E-state index contributed by atoms with van der Waals surface area (Å²) in [6, 6.07) is 1.94. The minimum atomic E-state index is -0.334. The molecule has 0 spiro atoms. The number of aryl methyl sites for hydroxylation is 1. The van der Waals surface area contributed by atoms with E-state index in [1.54, 1.807) is 0 Å². The molecular formula is C29H42ClN3O3. The highest BCUT2D eigenvalue weighted by molar-refractivity contribution is 6.31. The zero-order valence-corrected chi connectivity index (χ0v) is 23.8. The van der Waals surface area contributed by atoms with Gasteiger partial charge < -0.3 is 14.5 Å². The third-order valence-electron chi connectivity index (χ3n) is 5.67. The molecule has 2 heterocycles. The number of halogens is 1. The van der Waals surface area contributed by atoms with E-state index in [2.05, 4.69) is 36.3 Å². The zero-order valence-electron chi connectivity index (χ0n) is 23.1. The lowest BCUT2D eigenvalue weighted by Crippen LogP contribution is -2.27. The molecule has 1 aliphatic carbocycles. The SMILES string of the molecule is CC(=O)OC(C)(C)C.CC/C=C(/C=C(\CCC)NC(=O)C(C)c1cn2cc(Cl)c(C)cc2n1)C1CC1. The van der Waals surface area contributed by atoms with Crippen molar-refractivity contribution in [1.82, 2.24) is 14.7 Å². The zero-order chi connectivity index (χ0) is 27.0. The van der Waals surface area contributed by atoms with E-state index in [9.17, 15) is 9.59 Å². The molecule has 0 aliphatic heterocycles. The number of esters is 1. The van der Waals surface area contributed by atoms with E-state index < -0.39 is 0 Å². The number of allylic oxidation sites excluding steroid dienone is 4. The van der Waals surface area contributed by atoms with Crippen LogP contribution >= 0.6 is 11.6 Å². The predicted molar refractivity (Wildman–Crippen MR) is 147 cm³/mol. The Morgan fingerprint density at radius 1 is 1.28 bits per heavy atom. The van der Waals surface area contributed by atoms with Crippen LogP contribution in [0.15, 0.2) is 41.9 Å². The molecule has 2 aromatic rings. The number of carbonyl (C=O) groups is 2. The minimum absolute atomic E-state index is 0.0161. The average Bonchev–Trinajstić information content (AvgIpc) is 3.53. The number of hydrogen-bond acceptors (Lipinski definition) is 4. The van der Waals surface area contributed by atoms with Crippen molar-refractivity contribution in [2.24, 2.45) is 5.92 Å². The number of aromatic nitrogens is 2. The summed E-state index contributed by atoms with van der Waals surface area (Å²) in [5.74, 6) is 0.0985. The maximum absolute atomic E-state index is 12.9. The Morgan fingerprint density at radius 2 is 1.94 bits per heavy atom. The summed E-state index contributed by atoms with van der Waals surface area (Å²) in [5.41, 5.74) is 4.59. The molecule has 0 bridgehead atoms. The van der Waals surface area contributed by atoms with Crippen molar-refractivity contribution in [3.8, 4) is 0 Å². The first kappa shape index (κ1) is 29.6. The molecule has 2 aromatic heterocycles. The summed E-state index contributed by atoms with van der Waals surface area (Å²) in [6.07, 6.45) is 13.6. The Hall–Kier alpha value is -2.60. The molecule has 0 saturated heterocycles. The lowest BCUT2D eigenvalue weighted by molar-refractivity contribution is -0.151. The van der Waals surface area contributed by atoms with Crippen LogP contribution in [0.5, 0.6) is 0 Å². The normalized spacial score (nSPS) is 15.2. The number of ether oxygens (including phenoxy) is 1. The number of hydrogen-bond donors (Lipinski definition) is 1. The van der Waals surface area contributed by atoms with Crippen LogP contribution in [0.25, 0.3) is 5.65 Å². The number of nitrogens with zero attached hydrogens (tertiary/aromatic N) is 2. The number of fused-ring (bicyclic) bond motifs is 1. The van der Waals surface area contributed by atoms with Gasteiger partial charge in [0, 0.05) is 25.0 Å². The Balaban J connectivity index is 0.000000493. The Labute approximate surface area is 221 Å². The monoisotopic (exact) mass is 515 g/mol. The fourth-order valence-electron chi connectivity index (χ4n) is 3.80. The molecule has 1 N–H and O–H groups in total. The molecule has 1 unspecified atom stereocenters. The summed E-state index contributed by atoms with van der Waals surface area (Å²) in [7, 11) is 0. The second-order valence-corrected chi connectivity index (χ2v) is 10.9. The maximum atomic E-state index is 12.9. The second kappa shape index (κ2) is 13.1. The van der Waals surface area contributed by atoms with E-state index in [1.165, 1.54) is 25.3 Å². The van der Waals surface area contributed by atoms with Gasteiger partial charge in [-0.2, -0.15) is 0 Å². The fraction of sp³-hybridized carbons (Fsp3) is 0.552. The van der Waals surface area contributed by atoms with Crippen LogP contribution in [0.1, 0.15) is 97.7 Å². The van der Waals surface area contributed by atoms with Gasteiger partial charge in [0.2, 0.25) is 5.91 Å². The molecule has 1 amide bonds. The molecular weight excluding hydrogens is 474 g/mol. The number of nitrogens with one attached hydrogen (secondary N) is 1. The third-order valence-corrected chi connectivity index (χ3v) is 6.07. The van der Waals surface area contributed by atoms with Crippen molar-refractivity contribution in [2.75, 3.05) is 0 Å². The number of rotatable bonds is 8. The first-order chi connectivity index (χ1) is 16.8. The third kappa shape index (κ3) is 9.45. The van der Waals surface area contributed by atoms with Gasteiger partial charge in [-0.3, -0.25) is 9.59 Å². The molecule has 1 aliphatic rings. The second-order valence-electron chi connectivity index (χ2n) is 10.5. The van der Waals surface area contributed by atoms with Crippen molar-refractivity contribution in [3.05, 3.63) is 58.2 Å². The largest absolute Gasteiger partial charge is 0.460 e. The number of carbonyl (C=O) groups excluding carboxylic acids is 2. The standard InChI is InChI=1S/C23H30ClN3O.C6H12O2/c1-5-7-18(17-9-10-17)12-19(8-6-2)25-23(28)16(4)21-14-27-13-20(24)15(3)11-22(27)26-21;1-5(7)8-6(2,3)4/h7,11-14,16-17H,5-6,8-10H2,1-4H3,(H,25,28);1-4H3/b18-7-,19-12+;. The average molecular weight is 516 g/mol. The highest BCUT2D eigenvalue weighted by atomic mass is 35.5. The summed E-state index contributed by atoms with van der Waals surface area (Å²) in [5, 5.41) is 3.85. The lowest BCUT2D eigenvalue weighted by atomic mass is 10.0. The predicted octanol–water partition coefficient (Wildman–Crippen LogP) is 7.29. The van der Waals surface area contributed by atoms with E-state index in [-0.39, 0.29) is 23.4 Å². The quantitative estimate of drug-likeness (QED) is 0.296. The first-order valence-corrected chi connectivity index (χ1v) is 13.3. The fourth-order valence-corrected chi connectivity index (χ4v) is 3.96. The highest BCUT2D eigenvalue weighted by Gasteiger charge is 2.25. The van der Waals surface area contributed by atoms with E-state index in [4.69, 9.17) is 16.3 Å². The van der Waals surface area contributed by atoms with Gasteiger partial charge in [-0.05, 0) is 89.5 Å². The summed E-state index contributed by atoms with van der Waals surface area (Å²) in [6.45, 7) is 15.1. The minimum Gasteiger partial charge on any atom is -0.460 e. The van der Waals surface area contributed by atoms with E-state index in [1.807, 2.05) is 57.5 Å². The van der Waals surface area contributed by atoms with Gasteiger partial charge in [-0.1, -0.05) is 37.9 Å². The van der Waals surface area contributed by atoms with Gasteiger partial charge in [-0.25, -0.2) is 4.98 Å². The van der Waals surface area contributed by atoms with Crippen molar-refractivity contribution in [2.45, 2.75) is 99.0 Å². The van der Waals surface area contributed by atoms with Crippen LogP contribution in [0, 0.1) is 12.8 Å².